The molecule has 86 heavy (non-hydrogen) atoms. The SMILES string of the molecule is COc1cc(OC)c(C(=O)N[C@H]2CC[C@@H](NC(=O)c3ccc(OCCCCCNC(=N)N)cc3OCCCCCNC(=N)N)CC2)cc1C(=O)N[C@H]1CC[C@@H](NC(=O)c2ccc(OCCCCCNC(=N)N)cc2OCCCCCNC(=N)N)CC1. The van der Waals surface area contributed by atoms with Gasteiger partial charge < -0.3 is 93.9 Å². The fourth-order valence-electron chi connectivity index (χ4n) is 10.1. The number of methoxy groups -OCH3 is 2. The van der Waals surface area contributed by atoms with Crippen LogP contribution in [0.25, 0.3) is 0 Å². The lowest BCUT2D eigenvalue weighted by molar-refractivity contribution is 0.0883. The Morgan fingerprint density at radius 3 is 0.930 bits per heavy atom. The second-order valence-corrected chi connectivity index (χ2v) is 21.6. The monoisotopic (exact) mass is 1200 g/mol. The van der Waals surface area contributed by atoms with Crippen LogP contribution in [0.2, 0.25) is 0 Å². The smallest absolute Gasteiger partial charge is 0.255 e. The molecule has 4 amide bonds. The number of hydrogen-bond acceptors (Lipinski definition) is 14. The van der Waals surface area contributed by atoms with Crippen molar-refractivity contribution in [1.82, 2.24) is 42.5 Å². The highest BCUT2D eigenvalue weighted by Crippen LogP contribution is 2.32. The Morgan fingerprint density at radius 2 is 0.651 bits per heavy atom. The van der Waals surface area contributed by atoms with E-state index in [1.807, 2.05) is 0 Å². The van der Waals surface area contributed by atoms with Gasteiger partial charge in [-0.25, -0.2) is 0 Å². The van der Waals surface area contributed by atoms with Gasteiger partial charge in [0.1, 0.15) is 34.5 Å². The van der Waals surface area contributed by atoms with E-state index in [1.165, 1.54) is 26.4 Å². The fraction of sp³-hybridized carbons (Fsp3) is 0.567. The van der Waals surface area contributed by atoms with E-state index in [1.54, 1.807) is 36.4 Å². The fourth-order valence-corrected chi connectivity index (χ4v) is 10.1. The molecule has 0 spiro atoms. The Bertz CT molecular complexity index is 2510. The lowest BCUT2D eigenvalue weighted by Crippen LogP contribution is -2.44. The number of guanidine groups is 4. The van der Waals surface area contributed by atoms with Gasteiger partial charge in [-0.1, -0.05) is 0 Å². The van der Waals surface area contributed by atoms with E-state index < -0.39 is 11.8 Å². The van der Waals surface area contributed by atoms with Crippen LogP contribution in [-0.4, -0.2) is 138 Å². The van der Waals surface area contributed by atoms with Crippen LogP contribution in [0.5, 0.6) is 34.5 Å². The Hall–Kier alpha value is -8.58. The number of ether oxygens (including phenoxy) is 6. The number of amides is 4. The molecule has 0 heterocycles. The molecule has 3 aromatic carbocycles. The van der Waals surface area contributed by atoms with E-state index in [2.05, 4.69) is 42.5 Å². The molecule has 5 rings (SSSR count). The summed E-state index contributed by atoms with van der Waals surface area (Å²) in [6.45, 7) is 4.09. The molecule has 3 aromatic rings. The minimum atomic E-state index is -0.410. The maximum atomic E-state index is 14.0. The van der Waals surface area contributed by atoms with E-state index in [0.29, 0.717) is 138 Å². The van der Waals surface area contributed by atoms with Gasteiger partial charge in [-0.15, -0.1) is 0 Å². The Morgan fingerprint density at radius 1 is 0.372 bits per heavy atom. The van der Waals surface area contributed by atoms with Crippen molar-refractivity contribution in [2.24, 2.45) is 22.9 Å². The predicted molar refractivity (Wildman–Crippen MR) is 331 cm³/mol. The first-order valence-electron chi connectivity index (χ1n) is 30.1. The Balaban J connectivity index is 1.12. The van der Waals surface area contributed by atoms with Crippen molar-refractivity contribution in [2.75, 3.05) is 66.8 Å². The van der Waals surface area contributed by atoms with Gasteiger partial charge in [0.25, 0.3) is 23.6 Å². The first-order chi connectivity index (χ1) is 41.5. The summed E-state index contributed by atoms with van der Waals surface area (Å²) in [5.74, 6) is 0.857. The highest BCUT2D eigenvalue weighted by Gasteiger charge is 2.30. The van der Waals surface area contributed by atoms with Crippen LogP contribution in [0.1, 0.15) is 170 Å². The standard InChI is InChI=1S/C60H94N16O10/c1-81-49-38-50(82-2)48(56(80)76-42-21-17-40(18-22-42)74-54(78)46-26-24-44(84-32-12-4-8-28-70-58(63)64)36-52(46)86-34-14-6-10-30-72-60(67)68)37-47(49)55(79)75-41-19-15-39(16-20-41)73-53(77)45-25-23-43(83-31-11-3-7-27-69-57(61)62)35-51(45)85-33-13-5-9-29-71-59(65)66/h23-26,35-42H,3-22,27-34H2,1-2H3,(H,73,77)(H,74,78)(H,75,79)(H,76,80)(H4,61,62,69)(H4,63,64,70)(H4,65,66,71)(H4,67,68,72)/t39-,40-,41+,42+. The molecule has 0 atom stereocenters. The van der Waals surface area contributed by atoms with Crippen LogP contribution < -0.4 is 93.9 Å². The van der Waals surface area contributed by atoms with Crippen molar-refractivity contribution < 1.29 is 47.6 Å². The quantitative estimate of drug-likeness (QED) is 0.0209. The van der Waals surface area contributed by atoms with E-state index in [4.69, 9.17) is 73.0 Å². The van der Waals surface area contributed by atoms with E-state index in [0.717, 1.165) is 77.0 Å². The van der Waals surface area contributed by atoms with Gasteiger partial charge in [0.05, 0.1) is 62.9 Å². The molecule has 474 valence electrons. The third-order valence-corrected chi connectivity index (χ3v) is 14.8. The van der Waals surface area contributed by atoms with Crippen LogP contribution >= 0.6 is 0 Å². The highest BCUT2D eigenvalue weighted by atomic mass is 16.5. The molecule has 26 heteroatoms. The molecule has 0 radical (unpaired) electrons. The maximum Gasteiger partial charge on any atom is 0.255 e. The normalized spacial score (nSPS) is 16.2. The second kappa shape index (κ2) is 37.7. The maximum absolute atomic E-state index is 14.0. The minimum Gasteiger partial charge on any atom is -0.496 e. The second-order valence-electron chi connectivity index (χ2n) is 21.6. The van der Waals surface area contributed by atoms with Crippen LogP contribution in [0, 0.1) is 21.6 Å². The number of rotatable bonds is 38. The first kappa shape index (κ1) is 68.2. The van der Waals surface area contributed by atoms with Gasteiger partial charge in [0.15, 0.2) is 23.8 Å². The van der Waals surface area contributed by atoms with Gasteiger partial charge >= 0.3 is 0 Å². The molecule has 2 saturated carbocycles. The summed E-state index contributed by atoms with van der Waals surface area (Å²) in [7, 11) is 2.90. The molecule has 0 aromatic heterocycles. The molecule has 0 bridgehead atoms. The third-order valence-electron chi connectivity index (χ3n) is 14.8. The zero-order valence-corrected chi connectivity index (χ0v) is 50.1. The molecular formula is C60H94N16O10. The average Bonchev–Trinajstić information content (AvgIpc) is 1.70. The van der Waals surface area contributed by atoms with Crippen molar-refractivity contribution in [2.45, 2.75) is 153 Å². The highest BCUT2D eigenvalue weighted by molar-refractivity contribution is 6.03. The first-order valence-corrected chi connectivity index (χ1v) is 30.1. The largest absolute Gasteiger partial charge is 0.496 e. The molecule has 26 nitrogen and oxygen atoms in total. The third kappa shape index (κ3) is 24.9. The number of nitrogens with two attached hydrogens (primary N) is 4. The summed E-state index contributed by atoms with van der Waals surface area (Å²) >= 11 is 0. The van der Waals surface area contributed by atoms with Crippen LogP contribution in [0.3, 0.4) is 0 Å². The number of nitrogens with one attached hydrogen (secondary N) is 12. The van der Waals surface area contributed by atoms with Crippen molar-refractivity contribution in [3.63, 3.8) is 0 Å². The number of unbranched alkanes of at least 4 members (excludes halogenated alkanes) is 8. The Kier molecular flexibility index (Phi) is 29.9. The van der Waals surface area contributed by atoms with E-state index in [-0.39, 0.29) is 82.4 Å². The van der Waals surface area contributed by atoms with Crippen molar-refractivity contribution in [3.8, 4) is 34.5 Å². The molecule has 0 saturated heterocycles. The van der Waals surface area contributed by atoms with Gasteiger partial charge in [-0.3, -0.25) is 40.8 Å². The van der Waals surface area contributed by atoms with Gasteiger partial charge in [-0.05, 0) is 159 Å². The molecular weight excluding hydrogens is 1100 g/mol. The van der Waals surface area contributed by atoms with Gasteiger partial charge in [0, 0.05) is 68.5 Å². The number of benzene rings is 3. The molecule has 2 fully saturated rings. The summed E-state index contributed by atoms with van der Waals surface area (Å²) in [4.78, 5) is 55.7. The molecule has 2 aliphatic carbocycles. The lowest BCUT2D eigenvalue weighted by Gasteiger charge is -2.30. The van der Waals surface area contributed by atoms with E-state index in [9.17, 15) is 19.2 Å². The molecule has 0 aliphatic heterocycles. The lowest BCUT2D eigenvalue weighted by atomic mass is 9.90. The summed E-state index contributed by atoms with van der Waals surface area (Å²) in [6, 6.07) is 12.7. The molecule has 20 N–H and O–H groups in total. The van der Waals surface area contributed by atoms with Crippen LogP contribution in [0.4, 0.5) is 0 Å². The summed E-state index contributed by atoms with van der Waals surface area (Å²) in [5, 5.41) is 53.1. The summed E-state index contributed by atoms with van der Waals surface area (Å²) < 4.78 is 35.7. The topological polar surface area (TPSA) is 419 Å². The van der Waals surface area contributed by atoms with Crippen LogP contribution in [0.15, 0.2) is 48.5 Å². The van der Waals surface area contributed by atoms with Crippen molar-refractivity contribution in [1.29, 1.82) is 21.6 Å². The summed E-state index contributed by atoms with van der Waals surface area (Å²) in [5.41, 5.74) is 22.6. The number of hydrogen-bond donors (Lipinski definition) is 16. The van der Waals surface area contributed by atoms with E-state index >= 15 is 0 Å². The van der Waals surface area contributed by atoms with Crippen LogP contribution in [-0.2, 0) is 0 Å². The van der Waals surface area contributed by atoms with Gasteiger partial charge in [-0.2, -0.15) is 0 Å². The predicted octanol–water partition coefficient (Wildman–Crippen LogP) is 4.77. The molecule has 2 aliphatic rings. The zero-order valence-electron chi connectivity index (χ0n) is 50.1. The molecule has 0 unspecified atom stereocenters. The average molecular weight is 1200 g/mol. The number of carbonyl (C=O) groups excluding carboxylic acids is 4. The minimum absolute atomic E-state index is 0.0522. The summed E-state index contributed by atoms with van der Waals surface area (Å²) in [6.07, 6.45) is 14.6. The zero-order chi connectivity index (χ0) is 62.1. The van der Waals surface area contributed by atoms with Crippen molar-refractivity contribution >= 4 is 47.5 Å². The van der Waals surface area contributed by atoms with Gasteiger partial charge in [0.2, 0.25) is 0 Å². The van der Waals surface area contributed by atoms with Crippen molar-refractivity contribution in [3.05, 3.63) is 70.8 Å². The number of carbonyl (C=O) groups is 4. The Labute approximate surface area is 505 Å².